The van der Waals surface area contributed by atoms with E-state index in [1.54, 1.807) is 20.8 Å². The molecule has 1 aromatic rings. The van der Waals surface area contributed by atoms with E-state index in [0.717, 1.165) is 6.42 Å². The van der Waals surface area contributed by atoms with Gasteiger partial charge in [-0.3, -0.25) is 18.9 Å². The molecule has 0 saturated carbocycles. The average Bonchev–Trinajstić information content (AvgIpc) is 2.50. The number of nitrogens with zero attached hydrogens (tertiary/aromatic N) is 1. The minimum Gasteiger partial charge on any atom is -0.305 e. The third kappa shape index (κ3) is 5.77. The predicted molar refractivity (Wildman–Crippen MR) is 93.3 cm³/mol. The van der Waals surface area contributed by atoms with Crippen LogP contribution in [-0.4, -0.2) is 22.8 Å². The number of rotatable bonds is 9. The zero-order valence-electron chi connectivity index (χ0n) is 14.6. The molecule has 0 radical (unpaired) electrons. The number of aromatic nitrogens is 2. The van der Waals surface area contributed by atoms with E-state index in [-0.39, 0.29) is 19.8 Å². The van der Waals surface area contributed by atoms with Gasteiger partial charge in [-0.1, -0.05) is 13.3 Å². The van der Waals surface area contributed by atoms with Crippen LogP contribution in [0.3, 0.4) is 0 Å². The van der Waals surface area contributed by atoms with Crippen LogP contribution >= 0.6 is 7.60 Å². The highest BCUT2D eigenvalue weighted by Crippen LogP contribution is 2.57. The number of hydrogen-bond acceptors (Lipinski definition) is 5. The smallest absolute Gasteiger partial charge is 0.305 e. The molecule has 0 aliphatic rings. The molecular formula is C16H25N2O5P. The van der Waals surface area contributed by atoms with Crippen LogP contribution in [0.2, 0.25) is 0 Å². The van der Waals surface area contributed by atoms with Gasteiger partial charge < -0.3 is 9.05 Å². The maximum atomic E-state index is 12.9. The second kappa shape index (κ2) is 9.60. The summed E-state index contributed by atoms with van der Waals surface area (Å²) in [5.74, 6) is 0. The van der Waals surface area contributed by atoms with Crippen molar-refractivity contribution in [1.29, 1.82) is 0 Å². The average molecular weight is 356 g/mol. The topological polar surface area (TPSA) is 90.4 Å². The zero-order valence-corrected chi connectivity index (χ0v) is 15.5. The Bertz CT molecular complexity index is 761. The highest BCUT2D eigenvalue weighted by Gasteiger charge is 2.28. The number of H-pyrrole nitrogens is 1. The van der Waals surface area contributed by atoms with Crippen molar-refractivity contribution in [2.45, 2.75) is 47.1 Å². The summed E-state index contributed by atoms with van der Waals surface area (Å²) in [6.07, 6.45) is 2.70. The fourth-order valence-electron chi connectivity index (χ4n) is 2.15. The molecule has 0 amide bonds. The summed E-state index contributed by atoms with van der Waals surface area (Å²) in [7, 11) is -3.38. The summed E-state index contributed by atoms with van der Waals surface area (Å²) in [5.41, 5.74) is 2.83. The number of aromatic amines is 1. The highest BCUT2D eigenvalue weighted by atomic mass is 31.2. The van der Waals surface area contributed by atoms with Crippen LogP contribution in [0.1, 0.15) is 40.5 Å². The SMILES string of the molecule is CCCC(=C=C(C)Cn1ccc(=O)[nH]c1=O)P(=O)(OCC)OCC. The van der Waals surface area contributed by atoms with Crippen molar-refractivity contribution in [3.63, 3.8) is 0 Å². The molecule has 0 atom stereocenters. The van der Waals surface area contributed by atoms with Gasteiger partial charge in [0.1, 0.15) is 0 Å². The lowest BCUT2D eigenvalue weighted by atomic mass is 10.2. The third-order valence-corrected chi connectivity index (χ3v) is 5.27. The first-order chi connectivity index (χ1) is 11.4. The van der Waals surface area contributed by atoms with E-state index < -0.39 is 18.8 Å². The molecule has 0 aliphatic heterocycles. The Morgan fingerprint density at radius 1 is 1.25 bits per heavy atom. The molecule has 8 heteroatoms. The summed E-state index contributed by atoms with van der Waals surface area (Å²) in [5, 5.41) is 0.476. The largest absolute Gasteiger partial charge is 0.364 e. The molecule has 1 rings (SSSR count). The minimum atomic E-state index is -3.38. The van der Waals surface area contributed by atoms with E-state index in [1.807, 2.05) is 6.92 Å². The van der Waals surface area contributed by atoms with Crippen LogP contribution in [0.4, 0.5) is 0 Å². The maximum Gasteiger partial charge on any atom is 0.364 e. The van der Waals surface area contributed by atoms with Gasteiger partial charge in [-0.2, -0.15) is 0 Å². The van der Waals surface area contributed by atoms with Crippen molar-refractivity contribution in [2.75, 3.05) is 13.2 Å². The molecular weight excluding hydrogens is 331 g/mol. The van der Waals surface area contributed by atoms with Gasteiger partial charge in [0.25, 0.3) is 5.56 Å². The lowest BCUT2D eigenvalue weighted by Crippen LogP contribution is -2.28. The monoisotopic (exact) mass is 356 g/mol. The lowest BCUT2D eigenvalue weighted by Gasteiger charge is -2.18. The van der Waals surface area contributed by atoms with E-state index in [1.165, 1.54) is 16.8 Å². The Labute approximate surface area is 141 Å². The molecule has 1 heterocycles. The molecule has 1 aromatic heterocycles. The van der Waals surface area contributed by atoms with Crippen molar-refractivity contribution in [2.24, 2.45) is 0 Å². The third-order valence-electron chi connectivity index (χ3n) is 3.08. The first-order valence-corrected chi connectivity index (χ1v) is 9.55. The van der Waals surface area contributed by atoms with Crippen molar-refractivity contribution < 1.29 is 13.6 Å². The second-order valence-corrected chi connectivity index (χ2v) is 7.22. The lowest BCUT2D eigenvalue weighted by molar-refractivity contribution is 0.225. The van der Waals surface area contributed by atoms with Crippen molar-refractivity contribution in [3.8, 4) is 0 Å². The van der Waals surface area contributed by atoms with Crippen molar-refractivity contribution in [1.82, 2.24) is 9.55 Å². The van der Waals surface area contributed by atoms with Crippen LogP contribution in [0.15, 0.2) is 38.5 Å². The van der Waals surface area contributed by atoms with Crippen molar-refractivity contribution in [3.05, 3.63) is 49.7 Å². The predicted octanol–water partition coefficient (Wildman–Crippen LogP) is 3.03. The molecule has 0 saturated heterocycles. The second-order valence-electron chi connectivity index (χ2n) is 5.17. The van der Waals surface area contributed by atoms with Gasteiger partial charge in [-0.05, 0) is 32.8 Å². The summed E-state index contributed by atoms with van der Waals surface area (Å²) < 4.78 is 25.0. The summed E-state index contributed by atoms with van der Waals surface area (Å²) >= 11 is 0. The van der Waals surface area contributed by atoms with E-state index in [2.05, 4.69) is 10.7 Å². The molecule has 134 valence electrons. The number of hydrogen-bond donors (Lipinski definition) is 1. The maximum absolute atomic E-state index is 12.9. The van der Waals surface area contributed by atoms with Crippen molar-refractivity contribution >= 4 is 7.60 Å². The standard InChI is InChI=1S/C16H25N2O5P/c1-5-8-14(24(21,22-6-2)23-7-3)11-13(4)12-18-10-9-15(19)17-16(18)20/h9-10H,5-8,12H2,1-4H3,(H,17,19,20). The van der Waals surface area contributed by atoms with Crippen LogP contribution in [-0.2, 0) is 20.2 Å². The molecule has 24 heavy (non-hydrogen) atoms. The van der Waals surface area contributed by atoms with Gasteiger partial charge in [0.05, 0.1) is 25.1 Å². The van der Waals surface area contributed by atoms with Gasteiger partial charge in [0.2, 0.25) is 0 Å². The summed E-state index contributed by atoms with van der Waals surface area (Å²) in [6, 6.07) is 1.27. The fraction of sp³-hybridized carbons (Fsp3) is 0.562. The summed E-state index contributed by atoms with van der Waals surface area (Å²) in [6.45, 7) is 8.01. The minimum absolute atomic E-state index is 0.223. The first-order valence-electron chi connectivity index (χ1n) is 8.01. The fourth-order valence-corrected chi connectivity index (χ4v) is 4.04. The van der Waals surface area contributed by atoms with Gasteiger partial charge in [0.15, 0.2) is 0 Å². The highest BCUT2D eigenvalue weighted by molar-refractivity contribution is 7.58. The Hall–Kier alpha value is -1.65. The van der Waals surface area contributed by atoms with E-state index in [0.29, 0.717) is 17.3 Å². The quantitative estimate of drug-likeness (QED) is 0.542. The molecule has 0 aromatic carbocycles. The van der Waals surface area contributed by atoms with Crippen LogP contribution in [0, 0.1) is 0 Å². The Morgan fingerprint density at radius 3 is 2.38 bits per heavy atom. The number of allylic oxidation sites excluding steroid dienone is 1. The Balaban J connectivity index is 3.28. The van der Waals surface area contributed by atoms with E-state index in [9.17, 15) is 14.2 Å². The Kier molecular flexibility index (Phi) is 8.16. The zero-order chi connectivity index (χ0) is 18.2. The molecule has 1 N–H and O–H groups in total. The molecule has 0 spiro atoms. The van der Waals surface area contributed by atoms with E-state index in [4.69, 9.17) is 9.05 Å². The molecule has 0 aliphatic carbocycles. The summed E-state index contributed by atoms with van der Waals surface area (Å²) in [4.78, 5) is 25.0. The van der Waals surface area contributed by atoms with Gasteiger partial charge >= 0.3 is 13.3 Å². The normalized spacial score (nSPS) is 11.2. The Morgan fingerprint density at radius 2 is 1.88 bits per heavy atom. The van der Waals surface area contributed by atoms with Crippen LogP contribution in [0.5, 0.6) is 0 Å². The van der Waals surface area contributed by atoms with Gasteiger partial charge in [-0.15, -0.1) is 5.73 Å². The molecule has 0 unspecified atom stereocenters. The van der Waals surface area contributed by atoms with Crippen LogP contribution in [0.25, 0.3) is 0 Å². The molecule has 7 nitrogen and oxygen atoms in total. The molecule has 0 fully saturated rings. The number of nitrogens with one attached hydrogen (secondary N) is 1. The van der Waals surface area contributed by atoms with Crippen LogP contribution < -0.4 is 11.2 Å². The van der Waals surface area contributed by atoms with E-state index >= 15 is 0 Å². The first kappa shape index (κ1) is 20.4. The molecule has 0 bridgehead atoms. The van der Waals surface area contributed by atoms with Gasteiger partial charge in [0, 0.05) is 12.3 Å². The van der Waals surface area contributed by atoms with Gasteiger partial charge in [-0.25, -0.2) is 4.79 Å².